The fourth-order valence-corrected chi connectivity index (χ4v) is 2.76. The van der Waals surface area contributed by atoms with E-state index in [0.29, 0.717) is 18.5 Å². The van der Waals surface area contributed by atoms with Crippen LogP contribution in [0, 0.1) is 0 Å². The predicted octanol–water partition coefficient (Wildman–Crippen LogP) is 1.80. The van der Waals surface area contributed by atoms with Gasteiger partial charge < -0.3 is 15.1 Å². The number of anilines is 1. The van der Waals surface area contributed by atoms with E-state index in [1.807, 2.05) is 20.8 Å². The third-order valence-electron chi connectivity index (χ3n) is 3.95. The summed E-state index contributed by atoms with van der Waals surface area (Å²) in [5.41, 5.74) is 1.33. The van der Waals surface area contributed by atoms with E-state index in [1.165, 1.54) is 4.90 Å². The smallest absolute Gasteiger partial charge is 0.254 e. The van der Waals surface area contributed by atoms with Crippen LogP contribution in [0.15, 0.2) is 24.3 Å². The van der Waals surface area contributed by atoms with Crippen LogP contribution in [-0.4, -0.2) is 48.3 Å². The molecule has 6 heteroatoms. The third-order valence-corrected chi connectivity index (χ3v) is 3.95. The standard InChI is InChI=1S/C18H25N3O3/c1-4-20(12-16(22)19-13(2)3)18(24)14-7-9-15(10-8-14)21-11-5-6-17(21)23/h7-10,13H,4-6,11-12H2,1-3H3,(H,19,22). The first-order valence-electron chi connectivity index (χ1n) is 8.41. The van der Waals surface area contributed by atoms with Crippen LogP contribution in [0.3, 0.4) is 0 Å². The normalized spacial score (nSPS) is 14.2. The van der Waals surface area contributed by atoms with Crippen LogP contribution in [0.1, 0.15) is 44.0 Å². The van der Waals surface area contributed by atoms with Gasteiger partial charge in [0, 0.05) is 36.8 Å². The average Bonchev–Trinajstić information content (AvgIpc) is 2.97. The second kappa shape index (κ2) is 7.95. The largest absolute Gasteiger partial charge is 0.352 e. The molecule has 1 saturated heterocycles. The zero-order chi connectivity index (χ0) is 17.7. The number of rotatable bonds is 6. The minimum Gasteiger partial charge on any atom is -0.352 e. The average molecular weight is 331 g/mol. The van der Waals surface area contributed by atoms with Crippen molar-refractivity contribution in [1.29, 1.82) is 0 Å². The molecule has 1 aromatic rings. The third kappa shape index (κ3) is 4.34. The fourth-order valence-electron chi connectivity index (χ4n) is 2.76. The zero-order valence-corrected chi connectivity index (χ0v) is 14.5. The quantitative estimate of drug-likeness (QED) is 0.864. The first-order chi connectivity index (χ1) is 11.4. The number of amides is 3. The van der Waals surface area contributed by atoms with Gasteiger partial charge in [-0.25, -0.2) is 0 Å². The Hall–Kier alpha value is -2.37. The summed E-state index contributed by atoms with van der Waals surface area (Å²) in [4.78, 5) is 39.4. The molecule has 1 N–H and O–H groups in total. The molecule has 130 valence electrons. The lowest BCUT2D eigenvalue weighted by atomic mass is 10.1. The molecule has 0 radical (unpaired) electrons. The molecule has 0 aliphatic carbocycles. The van der Waals surface area contributed by atoms with E-state index in [1.54, 1.807) is 29.2 Å². The number of hydrogen-bond donors (Lipinski definition) is 1. The van der Waals surface area contributed by atoms with Gasteiger partial charge in [-0.1, -0.05) is 0 Å². The van der Waals surface area contributed by atoms with E-state index in [4.69, 9.17) is 0 Å². The van der Waals surface area contributed by atoms with Gasteiger partial charge in [0.2, 0.25) is 11.8 Å². The first kappa shape index (κ1) is 18.0. The summed E-state index contributed by atoms with van der Waals surface area (Å²) in [5.74, 6) is -0.232. The predicted molar refractivity (Wildman–Crippen MR) is 92.9 cm³/mol. The van der Waals surface area contributed by atoms with Gasteiger partial charge in [0.05, 0.1) is 6.54 Å². The molecule has 1 heterocycles. The first-order valence-corrected chi connectivity index (χ1v) is 8.41. The molecule has 0 atom stereocenters. The van der Waals surface area contributed by atoms with Crippen molar-refractivity contribution in [2.45, 2.75) is 39.7 Å². The molecule has 0 saturated carbocycles. The van der Waals surface area contributed by atoms with Gasteiger partial charge in [-0.2, -0.15) is 0 Å². The summed E-state index contributed by atoms with van der Waals surface area (Å²) in [6.45, 7) is 6.83. The zero-order valence-electron chi connectivity index (χ0n) is 14.5. The van der Waals surface area contributed by atoms with Crippen molar-refractivity contribution in [3.05, 3.63) is 29.8 Å². The minimum atomic E-state index is -0.185. The molecule has 0 unspecified atom stereocenters. The number of carbonyl (C=O) groups is 3. The molecular formula is C18H25N3O3. The van der Waals surface area contributed by atoms with E-state index >= 15 is 0 Å². The lowest BCUT2D eigenvalue weighted by Crippen LogP contribution is -2.42. The van der Waals surface area contributed by atoms with Crippen LogP contribution in [0.2, 0.25) is 0 Å². The molecule has 2 rings (SSSR count). The number of carbonyl (C=O) groups excluding carboxylic acids is 3. The van der Waals surface area contributed by atoms with Crippen molar-refractivity contribution in [3.8, 4) is 0 Å². The number of nitrogens with zero attached hydrogens (tertiary/aromatic N) is 2. The van der Waals surface area contributed by atoms with Crippen LogP contribution in [-0.2, 0) is 9.59 Å². The maximum atomic E-state index is 12.6. The molecule has 1 fully saturated rings. The Morgan fingerprint density at radius 2 is 1.92 bits per heavy atom. The van der Waals surface area contributed by atoms with Crippen molar-refractivity contribution >= 4 is 23.4 Å². The summed E-state index contributed by atoms with van der Waals surface area (Å²) in [6, 6.07) is 7.05. The number of benzene rings is 1. The monoisotopic (exact) mass is 331 g/mol. The molecule has 1 aliphatic heterocycles. The maximum Gasteiger partial charge on any atom is 0.254 e. The van der Waals surface area contributed by atoms with Gasteiger partial charge >= 0.3 is 0 Å². The Bertz CT molecular complexity index is 610. The molecule has 6 nitrogen and oxygen atoms in total. The molecule has 0 spiro atoms. The Balaban J connectivity index is 2.04. The topological polar surface area (TPSA) is 69.7 Å². The van der Waals surface area contributed by atoms with E-state index in [0.717, 1.165) is 18.7 Å². The fraction of sp³-hybridized carbons (Fsp3) is 0.500. The number of hydrogen-bond acceptors (Lipinski definition) is 3. The Kier molecular flexibility index (Phi) is 5.95. The van der Waals surface area contributed by atoms with Gasteiger partial charge in [0.15, 0.2) is 0 Å². The Labute approximate surface area is 142 Å². The summed E-state index contributed by atoms with van der Waals surface area (Å²) < 4.78 is 0. The van der Waals surface area contributed by atoms with E-state index in [-0.39, 0.29) is 30.3 Å². The second-order valence-electron chi connectivity index (χ2n) is 6.24. The molecule has 1 aliphatic rings. The van der Waals surface area contributed by atoms with Crippen LogP contribution in [0.25, 0.3) is 0 Å². The summed E-state index contributed by atoms with van der Waals surface area (Å²) >= 11 is 0. The van der Waals surface area contributed by atoms with Crippen LogP contribution in [0.4, 0.5) is 5.69 Å². The van der Waals surface area contributed by atoms with E-state index in [2.05, 4.69) is 5.32 Å². The van der Waals surface area contributed by atoms with Crippen LogP contribution in [0.5, 0.6) is 0 Å². The van der Waals surface area contributed by atoms with E-state index < -0.39 is 0 Å². The van der Waals surface area contributed by atoms with Gasteiger partial charge in [0.1, 0.15) is 0 Å². The van der Waals surface area contributed by atoms with Gasteiger partial charge in [0.25, 0.3) is 5.91 Å². The SMILES string of the molecule is CCN(CC(=O)NC(C)C)C(=O)c1ccc(N2CCCC2=O)cc1. The highest BCUT2D eigenvalue weighted by Gasteiger charge is 2.22. The van der Waals surface area contributed by atoms with Crippen molar-refractivity contribution in [3.63, 3.8) is 0 Å². The highest BCUT2D eigenvalue weighted by atomic mass is 16.2. The summed E-state index contributed by atoms with van der Waals surface area (Å²) in [5, 5.41) is 2.79. The highest BCUT2D eigenvalue weighted by Crippen LogP contribution is 2.22. The Morgan fingerprint density at radius 1 is 1.25 bits per heavy atom. The van der Waals surface area contributed by atoms with E-state index in [9.17, 15) is 14.4 Å². The maximum absolute atomic E-state index is 12.6. The van der Waals surface area contributed by atoms with Crippen LogP contribution < -0.4 is 10.2 Å². The summed E-state index contributed by atoms with van der Waals surface area (Å²) in [7, 11) is 0. The van der Waals surface area contributed by atoms with Crippen molar-refractivity contribution in [1.82, 2.24) is 10.2 Å². The molecule has 24 heavy (non-hydrogen) atoms. The van der Waals surface area contributed by atoms with Gasteiger partial charge in [-0.05, 0) is 51.5 Å². The van der Waals surface area contributed by atoms with Gasteiger partial charge in [-0.3, -0.25) is 14.4 Å². The number of nitrogens with one attached hydrogen (secondary N) is 1. The van der Waals surface area contributed by atoms with Crippen molar-refractivity contribution < 1.29 is 14.4 Å². The highest BCUT2D eigenvalue weighted by molar-refractivity contribution is 5.98. The van der Waals surface area contributed by atoms with Gasteiger partial charge in [-0.15, -0.1) is 0 Å². The summed E-state index contributed by atoms with van der Waals surface area (Å²) in [6.07, 6.45) is 1.45. The minimum absolute atomic E-state index is 0.0415. The molecule has 0 bridgehead atoms. The van der Waals surface area contributed by atoms with Crippen molar-refractivity contribution in [2.75, 3.05) is 24.5 Å². The molecule has 0 aromatic heterocycles. The second-order valence-corrected chi connectivity index (χ2v) is 6.24. The Morgan fingerprint density at radius 3 is 2.42 bits per heavy atom. The van der Waals surface area contributed by atoms with Crippen LogP contribution >= 0.6 is 0 Å². The number of likely N-dealkylation sites (N-methyl/N-ethyl adjacent to an activating group) is 1. The lowest BCUT2D eigenvalue weighted by Gasteiger charge is -2.22. The molecule has 1 aromatic carbocycles. The molecule has 3 amide bonds. The van der Waals surface area contributed by atoms with Crippen molar-refractivity contribution in [2.24, 2.45) is 0 Å². The molecular weight excluding hydrogens is 306 g/mol. The lowest BCUT2D eigenvalue weighted by molar-refractivity contribution is -0.122.